The first kappa shape index (κ1) is 10.3. The first-order chi connectivity index (χ1) is 6.22. The maximum absolute atomic E-state index is 2.35. The van der Waals surface area contributed by atoms with Gasteiger partial charge in [0.25, 0.3) is 0 Å². The summed E-state index contributed by atoms with van der Waals surface area (Å²) in [5.74, 6) is 0.761. The van der Waals surface area contributed by atoms with Gasteiger partial charge in [-0.3, -0.25) is 0 Å². The Hall–Kier alpha value is -0.780. The van der Waals surface area contributed by atoms with Crippen LogP contribution < -0.4 is 0 Å². The maximum Gasteiger partial charge on any atom is -0.0256 e. The molecule has 72 valence electrons. The summed E-state index contributed by atoms with van der Waals surface area (Å²) in [7, 11) is 0. The van der Waals surface area contributed by atoms with Crippen LogP contribution in [0.1, 0.15) is 38.3 Å². The van der Waals surface area contributed by atoms with E-state index in [4.69, 9.17) is 0 Å². The second-order valence-electron chi connectivity index (χ2n) is 4.17. The molecular weight excluding hydrogens is 156 g/mol. The van der Waals surface area contributed by atoms with Gasteiger partial charge in [-0.1, -0.05) is 51.5 Å². The average molecular weight is 176 g/mol. The third-order valence-corrected chi connectivity index (χ3v) is 2.17. The molecule has 0 bridgehead atoms. The fraction of sp³-hybridized carbons (Fsp3) is 0.538. The lowest BCUT2D eigenvalue weighted by molar-refractivity contribution is 0.646. The lowest BCUT2D eigenvalue weighted by Crippen LogP contribution is -1.94. The Balaban J connectivity index is 2.67. The molecule has 0 aliphatic rings. The van der Waals surface area contributed by atoms with Crippen molar-refractivity contribution in [1.29, 1.82) is 0 Å². The third kappa shape index (κ3) is 3.63. The molecule has 0 aromatic heterocycles. The van der Waals surface area contributed by atoms with Crippen LogP contribution in [-0.2, 0) is 12.8 Å². The minimum absolute atomic E-state index is 0.761. The number of benzene rings is 1. The Labute approximate surface area is 82.0 Å². The number of hydrogen-bond acceptors (Lipinski definition) is 0. The number of rotatable bonds is 4. The van der Waals surface area contributed by atoms with Crippen molar-refractivity contribution in [3.8, 4) is 0 Å². The Kier molecular flexibility index (Phi) is 4.01. The van der Waals surface area contributed by atoms with Crippen LogP contribution >= 0.6 is 0 Å². The summed E-state index contributed by atoms with van der Waals surface area (Å²) >= 11 is 0. The lowest BCUT2D eigenvalue weighted by Gasteiger charge is -2.06. The van der Waals surface area contributed by atoms with Crippen LogP contribution in [0.4, 0.5) is 0 Å². The second-order valence-corrected chi connectivity index (χ2v) is 4.17. The van der Waals surface area contributed by atoms with Crippen LogP contribution in [0.2, 0.25) is 0 Å². The van der Waals surface area contributed by atoms with E-state index >= 15 is 0 Å². The van der Waals surface area contributed by atoms with Crippen LogP contribution in [0.3, 0.4) is 0 Å². The molecule has 0 amide bonds. The summed E-state index contributed by atoms with van der Waals surface area (Å²) in [6, 6.07) is 9.00. The van der Waals surface area contributed by atoms with Crippen LogP contribution in [0.5, 0.6) is 0 Å². The molecule has 1 aromatic rings. The van der Waals surface area contributed by atoms with Crippen molar-refractivity contribution < 1.29 is 0 Å². The summed E-state index contributed by atoms with van der Waals surface area (Å²) in [5.41, 5.74) is 2.97. The Morgan fingerprint density at radius 1 is 1.15 bits per heavy atom. The molecule has 0 heterocycles. The highest BCUT2D eigenvalue weighted by atomic mass is 14.0. The molecule has 0 fully saturated rings. The zero-order valence-electron chi connectivity index (χ0n) is 9.01. The lowest BCUT2D eigenvalue weighted by atomic mass is 10.00. The summed E-state index contributed by atoms with van der Waals surface area (Å²) < 4.78 is 0. The number of hydrogen-bond donors (Lipinski definition) is 0. The highest BCUT2D eigenvalue weighted by Crippen LogP contribution is 2.11. The zero-order valence-corrected chi connectivity index (χ0v) is 9.01. The molecule has 0 heteroatoms. The van der Waals surface area contributed by atoms with Gasteiger partial charge in [-0.15, -0.1) is 0 Å². The van der Waals surface area contributed by atoms with Crippen molar-refractivity contribution in [2.75, 3.05) is 0 Å². The van der Waals surface area contributed by atoms with Gasteiger partial charge in [-0.25, -0.2) is 0 Å². The van der Waals surface area contributed by atoms with Crippen LogP contribution in [-0.4, -0.2) is 0 Å². The Morgan fingerprint density at radius 3 is 2.46 bits per heavy atom. The summed E-state index contributed by atoms with van der Waals surface area (Å²) in [6.07, 6.45) is 3.66. The fourth-order valence-corrected chi connectivity index (χ4v) is 1.67. The largest absolute Gasteiger partial charge is 0.0651 e. The van der Waals surface area contributed by atoms with Gasteiger partial charge in [0, 0.05) is 0 Å². The van der Waals surface area contributed by atoms with Crippen molar-refractivity contribution in [3.63, 3.8) is 0 Å². The van der Waals surface area contributed by atoms with Gasteiger partial charge in [0.1, 0.15) is 0 Å². The molecule has 13 heavy (non-hydrogen) atoms. The summed E-state index contributed by atoms with van der Waals surface area (Å²) in [6.45, 7) is 6.77. The topological polar surface area (TPSA) is 0 Å². The van der Waals surface area contributed by atoms with E-state index in [1.165, 1.54) is 30.4 Å². The monoisotopic (exact) mass is 176 g/mol. The predicted molar refractivity (Wildman–Crippen MR) is 59.0 cm³/mol. The minimum Gasteiger partial charge on any atom is -0.0651 e. The molecule has 0 N–H and O–H groups in total. The van der Waals surface area contributed by atoms with Gasteiger partial charge in [-0.2, -0.15) is 0 Å². The standard InChI is InChI=1S/C13H20/c1-4-6-12-7-5-8-13(10-12)9-11(2)3/h5,7-8,10-11H,4,6,9H2,1-3H3. The van der Waals surface area contributed by atoms with Crippen LogP contribution in [0.25, 0.3) is 0 Å². The molecule has 0 aliphatic carbocycles. The first-order valence-corrected chi connectivity index (χ1v) is 5.30. The SMILES string of the molecule is CCCc1cccc(CC(C)C)c1. The Morgan fingerprint density at radius 2 is 1.85 bits per heavy atom. The smallest absolute Gasteiger partial charge is 0.0256 e. The fourth-order valence-electron chi connectivity index (χ4n) is 1.67. The summed E-state index contributed by atoms with van der Waals surface area (Å²) in [5, 5.41) is 0. The summed E-state index contributed by atoms with van der Waals surface area (Å²) in [4.78, 5) is 0. The van der Waals surface area contributed by atoms with E-state index in [-0.39, 0.29) is 0 Å². The van der Waals surface area contributed by atoms with E-state index in [1.807, 2.05) is 0 Å². The minimum atomic E-state index is 0.761. The molecule has 0 aliphatic heterocycles. The molecule has 1 aromatic carbocycles. The predicted octanol–water partition coefficient (Wildman–Crippen LogP) is 3.84. The van der Waals surface area contributed by atoms with E-state index in [0.29, 0.717) is 0 Å². The quantitative estimate of drug-likeness (QED) is 0.654. The molecule has 0 saturated carbocycles. The van der Waals surface area contributed by atoms with Crippen LogP contribution in [0.15, 0.2) is 24.3 Å². The molecule has 0 spiro atoms. The van der Waals surface area contributed by atoms with E-state index in [1.54, 1.807) is 0 Å². The highest BCUT2D eigenvalue weighted by Gasteiger charge is 1.98. The molecular formula is C13H20. The van der Waals surface area contributed by atoms with Crippen LogP contribution in [0, 0.1) is 5.92 Å². The molecule has 0 radical (unpaired) electrons. The van der Waals surface area contributed by atoms with Crippen molar-refractivity contribution in [1.82, 2.24) is 0 Å². The highest BCUT2D eigenvalue weighted by molar-refractivity contribution is 5.23. The first-order valence-electron chi connectivity index (χ1n) is 5.30. The Bertz CT molecular complexity index is 248. The zero-order chi connectivity index (χ0) is 9.68. The number of aryl methyl sites for hydroxylation is 1. The molecule has 0 unspecified atom stereocenters. The van der Waals surface area contributed by atoms with Gasteiger partial charge < -0.3 is 0 Å². The maximum atomic E-state index is 2.35. The second kappa shape index (κ2) is 5.06. The molecule has 0 atom stereocenters. The van der Waals surface area contributed by atoms with Gasteiger partial charge in [-0.05, 0) is 29.9 Å². The molecule has 1 rings (SSSR count). The molecule has 0 saturated heterocycles. The average Bonchev–Trinajstić information content (AvgIpc) is 2.04. The normalized spacial score (nSPS) is 10.8. The van der Waals surface area contributed by atoms with Crippen molar-refractivity contribution in [2.24, 2.45) is 5.92 Å². The van der Waals surface area contributed by atoms with Gasteiger partial charge >= 0.3 is 0 Å². The van der Waals surface area contributed by atoms with E-state index in [9.17, 15) is 0 Å². The van der Waals surface area contributed by atoms with E-state index < -0.39 is 0 Å². The van der Waals surface area contributed by atoms with Gasteiger partial charge in [0.2, 0.25) is 0 Å². The molecule has 0 nitrogen and oxygen atoms in total. The van der Waals surface area contributed by atoms with E-state index in [2.05, 4.69) is 45.0 Å². The van der Waals surface area contributed by atoms with Crippen molar-refractivity contribution >= 4 is 0 Å². The van der Waals surface area contributed by atoms with Gasteiger partial charge in [0.15, 0.2) is 0 Å². The van der Waals surface area contributed by atoms with E-state index in [0.717, 1.165) is 5.92 Å². The third-order valence-electron chi connectivity index (χ3n) is 2.17. The van der Waals surface area contributed by atoms with Crippen molar-refractivity contribution in [2.45, 2.75) is 40.0 Å². The van der Waals surface area contributed by atoms with Gasteiger partial charge in [0.05, 0.1) is 0 Å². The van der Waals surface area contributed by atoms with Crippen molar-refractivity contribution in [3.05, 3.63) is 35.4 Å².